The molecule has 0 bridgehead atoms. The third-order valence-corrected chi connectivity index (χ3v) is 3.97. The normalized spacial score (nSPS) is 47.5. The Hall–Kier alpha value is 0. The van der Waals surface area contributed by atoms with Crippen molar-refractivity contribution in [2.45, 2.75) is 40.5 Å². The van der Waals surface area contributed by atoms with Gasteiger partial charge in [-0.05, 0) is 41.9 Å². The first-order valence-electron chi connectivity index (χ1n) is 5.08. The van der Waals surface area contributed by atoms with Crippen molar-refractivity contribution < 1.29 is 0 Å². The maximum atomic E-state index is 2.38. The molecule has 0 heteroatoms. The van der Waals surface area contributed by atoms with E-state index in [2.05, 4.69) is 27.7 Å². The zero-order valence-corrected chi connectivity index (χ0v) is 8.22. The van der Waals surface area contributed by atoms with Crippen molar-refractivity contribution in [1.29, 1.82) is 0 Å². The van der Waals surface area contributed by atoms with E-state index in [0.29, 0.717) is 0 Å². The zero-order chi connectivity index (χ0) is 8.22. The second-order valence-electron chi connectivity index (χ2n) is 5.34. The van der Waals surface area contributed by atoms with Gasteiger partial charge in [-0.25, -0.2) is 0 Å². The summed E-state index contributed by atoms with van der Waals surface area (Å²) in [5, 5.41) is 0. The molecule has 0 aliphatic heterocycles. The quantitative estimate of drug-likeness (QED) is 0.569. The maximum absolute atomic E-state index is 2.38. The van der Waals surface area contributed by atoms with E-state index in [-0.39, 0.29) is 0 Å². The molecule has 0 aromatic carbocycles. The molecule has 0 N–H and O–H groups in total. The Morgan fingerprint density at radius 3 is 1.45 bits per heavy atom. The van der Waals surface area contributed by atoms with E-state index in [4.69, 9.17) is 0 Å². The van der Waals surface area contributed by atoms with Gasteiger partial charge in [-0.1, -0.05) is 27.7 Å². The molecule has 0 nitrogen and oxygen atoms in total. The summed E-state index contributed by atoms with van der Waals surface area (Å²) in [4.78, 5) is 0. The van der Waals surface area contributed by atoms with Gasteiger partial charge in [-0.3, -0.25) is 0 Å². The van der Waals surface area contributed by atoms with Gasteiger partial charge >= 0.3 is 0 Å². The minimum Gasteiger partial charge on any atom is -0.0625 e. The van der Waals surface area contributed by atoms with Crippen LogP contribution in [-0.4, -0.2) is 0 Å². The third-order valence-electron chi connectivity index (χ3n) is 3.97. The summed E-state index contributed by atoms with van der Waals surface area (Å²) in [5.74, 6) is 4.07. The van der Waals surface area contributed by atoms with E-state index in [9.17, 15) is 0 Å². The van der Waals surface area contributed by atoms with Gasteiger partial charge in [0.05, 0.1) is 0 Å². The van der Waals surface area contributed by atoms with E-state index in [1.807, 2.05) is 0 Å². The van der Waals surface area contributed by atoms with Crippen LogP contribution in [0, 0.1) is 29.1 Å². The monoisotopic (exact) mass is 152 g/mol. The summed E-state index contributed by atoms with van der Waals surface area (Å²) >= 11 is 0. The minimum absolute atomic E-state index is 0.877. The molecule has 2 aliphatic carbocycles. The molecule has 0 aromatic rings. The van der Waals surface area contributed by atoms with Crippen LogP contribution >= 0.6 is 0 Å². The van der Waals surface area contributed by atoms with Crippen LogP contribution in [0.15, 0.2) is 0 Å². The van der Waals surface area contributed by atoms with Crippen molar-refractivity contribution in [2.75, 3.05) is 0 Å². The van der Waals surface area contributed by atoms with Crippen molar-refractivity contribution in [3.8, 4) is 0 Å². The van der Waals surface area contributed by atoms with Gasteiger partial charge in [0.15, 0.2) is 0 Å². The highest BCUT2D eigenvalue weighted by Gasteiger charge is 2.70. The Morgan fingerprint density at radius 2 is 1.27 bits per heavy atom. The summed E-state index contributed by atoms with van der Waals surface area (Å²) in [6, 6.07) is 0. The lowest BCUT2D eigenvalue weighted by molar-refractivity contribution is 0.445. The average molecular weight is 152 g/mol. The molecule has 2 aliphatic rings. The van der Waals surface area contributed by atoms with Crippen molar-refractivity contribution in [2.24, 2.45) is 29.1 Å². The highest BCUT2D eigenvalue weighted by Crippen LogP contribution is 2.78. The molecule has 64 valence electrons. The summed E-state index contributed by atoms with van der Waals surface area (Å²) in [6.45, 7) is 9.54. The maximum Gasteiger partial charge on any atom is -0.0230 e. The fourth-order valence-corrected chi connectivity index (χ4v) is 3.16. The predicted molar refractivity (Wildman–Crippen MR) is 48.3 cm³/mol. The second-order valence-corrected chi connectivity index (χ2v) is 5.34. The zero-order valence-electron chi connectivity index (χ0n) is 8.22. The molecular formula is C11H20. The van der Waals surface area contributed by atoms with Crippen LogP contribution in [0.1, 0.15) is 40.5 Å². The van der Waals surface area contributed by atoms with Gasteiger partial charge in [-0.15, -0.1) is 0 Å². The lowest BCUT2D eigenvalue weighted by atomic mass is 10.0. The van der Waals surface area contributed by atoms with Crippen molar-refractivity contribution >= 4 is 0 Å². The molecule has 0 heterocycles. The van der Waals surface area contributed by atoms with Crippen LogP contribution < -0.4 is 0 Å². The number of hydrogen-bond acceptors (Lipinski definition) is 0. The Balaban J connectivity index is 1.92. The van der Waals surface area contributed by atoms with Gasteiger partial charge in [0.2, 0.25) is 0 Å². The van der Waals surface area contributed by atoms with Gasteiger partial charge in [-0.2, -0.15) is 0 Å². The first kappa shape index (κ1) is 7.64. The topological polar surface area (TPSA) is 0 Å². The van der Waals surface area contributed by atoms with Crippen LogP contribution in [0.25, 0.3) is 0 Å². The molecule has 2 unspecified atom stereocenters. The summed E-state index contributed by atoms with van der Waals surface area (Å²) < 4.78 is 0. The number of hydrogen-bond donors (Lipinski definition) is 0. The van der Waals surface area contributed by atoms with Gasteiger partial charge < -0.3 is 0 Å². The van der Waals surface area contributed by atoms with Crippen LogP contribution in [-0.2, 0) is 0 Å². The SMILES string of the molecule is CC(C)C1CC12CC2C(C)C. The lowest BCUT2D eigenvalue weighted by Crippen LogP contribution is -1.98. The highest BCUT2D eigenvalue weighted by atomic mass is 14.7. The summed E-state index contributed by atoms with van der Waals surface area (Å²) in [5.41, 5.74) is 0.877. The Labute approximate surface area is 70.4 Å². The average Bonchev–Trinajstić information content (AvgIpc) is 2.72. The van der Waals surface area contributed by atoms with Crippen molar-refractivity contribution in [3.05, 3.63) is 0 Å². The van der Waals surface area contributed by atoms with E-state index in [0.717, 1.165) is 29.1 Å². The standard InChI is InChI=1S/C11H20/c1-7(2)9-5-11(9)6-10(11)8(3)4/h7-10H,5-6H2,1-4H3. The van der Waals surface area contributed by atoms with Crippen LogP contribution in [0.5, 0.6) is 0 Å². The molecule has 0 amide bonds. The Kier molecular flexibility index (Phi) is 1.41. The highest BCUT2D eigenvalue weighted by molar-refractivity contribution is 5.19. The molecule has 0 aromatic heterocycles. The molecule has 0 radical (unpaired) electrons. The fourth-order valence-electron chi connectivity index (χ4n) is 3.16. The largest absolute Gasteiger partial charge is 0.0625 e. The van der Waals surface area contributed by atoms with E-state index < -0.39 is 0 Å². The molecule has 11 heavy (non-hydrogen) atoms. The van der Waals surface area contributed by atoms with Crippen molar-refractivity contribution in [3.63, 3.8) is 0 Å². The number of rotatable bonds is 2. The van der Waals surface area contributed by atoms with Gasteiger partial charge in [0, 0.05) is 0 Å². The van der Waals surface area contributed by atoms with E-state index >= 15 is 0 Å². The lowest BCUT2D eigenvalue weighted by Gasteiger charge is -2.04. The molecule has 2 fully saturated rings. The predicted octanol–water partition coefficient (Wildman–Crippen LogP) is 3.32. The molecule has 2 atom stereocenters. The van der Waals surface area contributed by atoms with E-state index in [1.165, 1.54) is 0 Å². The molecule has 2 saturated carbocycles. The van der Waals surface area contributed by atoms with Gasteiger partial charge in [0.1, 0.15) is 0 Å². The van der Waals surface area contributed by atoms with Gasteiger partial charge in [0.25, 0.3) is 0 Å². The fraction of sp³-hybridized carbons (Fsp3) is 1.00. The first-order valence-corrected chi connectivity index (χ1v) is 5.08. The van der Waals surface area contributed by atoms with Crippen molar-refractivity contribution in [1.82, 2.24) is 0 Å². The summed E-state index contributed by atoms with van der Waals surface area (Å²) in [6.07, 6.45) is 3.10. The van der Waals surface area contributed by atoms with E-state index in [1.54, 1.807) is 12.8 Å². The smallest absolute Gasteiger partial charge is 0.0230 e. The molecule has 0 saturated heterocycles. The first-order chi connectivity index (χ1) is 5.08. The molecular weight excluding hydrogens is 132 g/mol. The minimum atomic E-state index is 0.877. The van der Waals surface area contributed by atoms with Crippen LogP contribution in [0.3, 0.4) is 0 Å². The summed E-state index contributed by atoms with van der Waals surface area (Å²) in [7, 11) is 0. The van der Waals surface area contributed by atoms with Crippen LogP contribution in [0.2, 0.25) is 0 Å². The second kappa shape index (κ2) is 2.02. The third kappa shape index (κ3) is 0.947. The molecule has 1 spiro atoms. The Morgan fingerprint density at radius 1 is 0.909 bits per heavy atom. The molecule has 2 rings (SSSR count). The van der Waals surface area contributed by atoms with Crippen LogP contribution in [0.4, 0.5) is 0 Å². The Bertz CT molecular complexity index is 147.